The quantitative estimate of drug-likeness (QED) is 0.186. The van der Waals surface area contributed by atoms with E-state index in [4.69, 9.17) is 14.4 Å². The van der Waals surface area contributed by atoms with Crippen LogP contribution in [0.1, 0.15) is 22.9 Å². The topological polar surface area (TPSA) is 54.8 Å². The van der Waals surface area contributed by atoms with Crippen molar-refractivity contribution in [2.45, 2.75) is 6.17 Å². The number of furan rings is 1. The number of hydrogen-bond donors (Lipinski definition) is 1. The summed E-state index contributed by atoms with van der Waals surface area (Å²) in [5.74, 6) is 1.45. The Morgan fingerprint density at radius 3 is 1.89 bits per heavy atom. The van der Waals surface area contributed by atoms with Crippen LogP contribution in [-0.2, 0) is 0 Å². The van der Waals surface area contributed by atoms with E-state index in [0.29, 0.717) is 5.84 Å². The van der Waals surface area contributed by atoms with E-state index in [0.717, 1.165) is 77.9 Å². The largest absolute Gasteiger partial charge is 0.456 e. The lowest BCUT2D eigenvalue weighted by Gasteiger charge is -2.24. The molecule has 8 aromatic carbocycles. The van der Waals surface area contributed by atoms with Crippen molar-refractivity contribution in [3.63, 3.8) is 0 Å². The molecule has 1 aliphatic rings. The van der Waals surface area contributed by atoms with Gasteiger partial charge in [-0.05, 0) is 76.3 Å². The van der Waals surface area contributed by atoms with Crippen LogP contribution < -0.4 is 5.32 Å². The van der Waals surface area contributed by atoms with Gasteiger partial charge in [0.15, 0.2) is 5.84 Å². The molecule has 0 radical (unpaired) electrons. The van der Waals surface area contributed by atoms with Crippen LogP contribution in [0.5, 0.6) is 0 Å². The first kappa shape index (κ1) is 32.0. The zero-order chi connectivity index (χ0) is 37.0. The molecule has 264 valence electrons. The Hall–Kier alpha value is -7.50. The van der Waals surface area contributed by atoms with Crippen molar-refractivity contribution in [1.82, 2.24) is 9.88 Å². The third-order valence-electron chi connectivity index (χ3n) is 10.8. The van der Waals surface area contributed by atoms with Gasteiger partial charge < -0.3 is 14.3 Å². The lowest BCUT2D eigenvalue weighted by atomic mass is 10.0. The molecule has 2 aromatic heterocycles. The van der Waals surface area contributed by atoms with E-state index < -0.39 is 0 Å². The maximum Gasteiger partial charge on any atom is 0.159 e. The molecular formula is C51H34N4O. The summed E-state index contributed by atoms with van der Waals surface area (Å²) in [7, 11) is 0. The number of benzene rings is 8. The smallest absolute Gasteiger partial charge is 0.159 e. The first-order chi connectivity index (χ1) is 27.7. The van der Waals surface area contributed by atoms with Gasteiger partial charge >= 0.3 is 0 Å². The van der Waals surface area contributed by atoms with Crippen molar-refractivity contribution in [3.8, 4) is 27.9 Å². The fourth-order valence-electron chi connectivity index (χ4n) is 8.13. The molecule has 0 amide bonds. The van der Waals surface area contributed by atoms with Gasteiger partial charge in [-0.15, -0.1) is 0 Å². The molecule has 1 aliphatic heterocycles. The van der Waals surface area contributed by atoms with Crippen molar-refractivity contribution in [1.29, 1.82) is 0 Å². The number of fused-ring (bicyclic) bond motifs is 6. The summed E-state index contributed by atoms with van der Waals surface area (Å²) < 4.78 is 8.57. The van der Waals surface area contributed by atoms with Gasteiger partial charge in [-0.25, -0.2) is 9.98 Å². The van der Waals surface area contributed by atoms with Crippen molar-refractivity contribution < 1.29 is 4.42 Å². The first-order valence-corrected chi connectivity index (χ1v) is 18.9. The van der Waals surface area contributed by atoms with E-state index in [2.05, 4.69) is 180 Å². The summed E-state index contributed by atoms with van der Waals surface area (Å²) in [6, 6.07) is 68.1. The number of aliphatic imine (C=N–C) groups is 2. The molecular weight excluding hydrogens is 685 g/mol. The second-order valence-electron chi connectivity index (χ2n) is 14.3. The average Bonchev–Trinajstić information content (AvgIpc) is 3.82. The normalized spacial score (nSPS) is 14.2. The zero-order valence-corrected chi connectivity index (χ0v) is 30.3. The minimum absolute atomic E-state index is 0.361. The number of rotatable bonds is 6. The second kappa shape index (κ2) is 13.1. The van der Waals surface area contributed by atoms with Crippen LogP contribution in [0.15, 0.2) is 209 Å². The second-order valence-corrected chi connectivity index (χ2v) is 14.3. The van der Waals surface area contributed by atoms with E-state index in [1.807, 2.05) is 24.3 Å². The van der Waals surface area contributed by atoms with Gasteiger partial charge in [0, 0.05) is 38.4 Å². The Balaban J connectivity index is 1.07. The van der Waals surface area contributed by atoms with Gasteiger partial charge in [-0.3, -0.25) is 0 Å². The summed E-state index contributed by atoms with van der Waals surface area (Å²) in [5.41, 5.74) is 12.7. The lowest BCUT2D eigenvalue weighted by molar-refractivity contribution is 0.669. The van der Waals surface area contributed by atoms with E-state index in [1.165, 1.54) is 16.3 Å². The van der Waals surface area contributed by atoms with Gasteiger partial charge in [0.05, 0.1) is 11.0 Å². The summed E-state index contributed by atoms with van der Waals surface area (Å²) in [4.78, 5) is 10.6. The number of amidine groups is 2. The predicted octanol–water partition coefficient (Wildman–Crippen LogP) is 12.5. The summed E-state index contributed by atoms with van der Waals surface area (Å²) >= 11 is 0. The van der Waals surface area contributed by atoms with Crippen LogP contribution in [0, 0.1) is 0 Å². The highest BCUT2D eigenvalue weighted by molar-refractivity contribution is 6.16. The Kier molecular flexibility index (Phi) is 7.49. The SMILES string of the molecule is c1ccc(-c2cccc(C3=NC(c4cccc(-c5ccccc5)c4)NC(c4ccc5c6ccccc6n(-c6ccc7oc8ccccc8c7c6)c5c4)=N3)c2)cc1. The molecule has 11 rings (SSSR count). The fraction of sp³-hybridized carbons (Fsp3) is 0.0196. The highest BCUT2D eigenvalue weighted by Crippen LogP contribution is 2.36. The first-order valence-electron chi connectivity index (χ1n) is 18.9. The molecule has 0 saturated carbocycles. The van der Waals surface area contributed by atoms with E-state index in [9.17, 15) is 0 Å². The van der Waals surface area contributed by atoms with E-state index >= 15 is 0 Å². The number of aromatic nitrogens is 1. The third kappa shape index (κ3) is 5.48. The maximum absolute atomic E-state index is 6.21. The fourth-order valence-corrected chi connectivity index (χ4v) is 8.13. The van der Waals surface area contributed by atoms with Crippen molar-refractivity contribution in [2.75, 3.05) is 0 Å². The molecule has 10 aromatic rings. The molecule has 5 nitrogen and oxygen atoms in total. The highest BCUT2D eigenvalue weighted by Gasteiger charge is 2.23. The minimum Gasteiger partial charge on any atom is -0.456 e. The standard InChI is InChI=1S/C51H34N4O/c1-3-13-33(14-4-1)35-17-11-19-37(29-35)49-52-50(38-20-12-18-36(30-38)34-15-5-2-6-16-34)54-51(53-49)39-25-27-42-41-21-7-9-23-45(41)55(46(42)31-39)40-26-28-48-44(32-40)43-22-8-10-24-47(43)56-48/h1-32,49H,(H,52,53,54). The number of nitrogens with one attached hydrogen (secondary N) is 1. The van der Waals surface area contributed by atoms with Crippen molar-refractivity contribution >= 4 is 55.4 Å². The maximum atomic E-state index is 6.21. The van der Waals surface area contributed by atoms with Crippen LogP contribution in [0.2, 0.25) is 0 Å². The number of para-hydroxylation sites is 2. The molecule has 5 heteroatoms. The molecule has 0 bridgehead atoms. The van der Waals surface area contributed by atoms with Crippen LogP contribution in [0.3, 0.4) is 0 Å². The summed E-state index contributed by atoms with van der Waals surface area (Å²) in [5, 5.41) is 8.32. The summed E-state index contributed by atoms with van der Waals surface area (Å²) in [6.45, 7) is 0. The molecule has 3 heterocycles. The number of nitrogens with zero attached hydrogens (tertiary/aromatic N) is 3. The molecule has 56 heavy (non-hydrogen) atoms. The third-order valence-corrected chi connectivity index (χ3v) is 10.8. The predicted molar refractivity (Wildman–Crippen MR) is 231 cm³/mol. The molecule has 0 spiro atoms. The van der Waals surface area contributed by atoms with Gasteiger partial charge in [0.25, 0.3) is 0 Å². The Bertz CT molecular complexity index is 3170. The lowest BCUT2D eigenvalue weighted by Crippen LogP contribution is -2.33. The van der Waals surface area contributed by atoms with Crippen LogP contribution in [0.4, 0.5) is 0 Å². The summed E-state index contributed by atoms with van der Waals surface area (Å²) in [6.07, 6.45) is -0.361. The van der Waals surface area contributed by atoms with Crippen molar-refractivity contribution in [2.24, 2.45) is 9.98 Å². The van der Waals surface area contributed by atoms with Gasteiger partial charge in [-0.2, -0.15) is 0 Å². The number of hydrogen-bond acceptors (Lipinski definition) is 4. The Morgan fingerprint density at radius 1 is 0.429 bits per heavy atom. The monoisotopic (exact) mass is 718 g/mol. The molecule has 0 fully saturated rings. The van der Waals surface area contributed by atoms with E-state index in [-0.39, 0.29) is 6.17 Å². The molecule has 1 unspecified atom stereocenters. The average molecular weight is 719 g/mol. The van der Waals surface area contributed by atoms with Crippen LogP contribution in [0.25, 0.3) is 71.7 Å². The van der Waals surface area contributed by atoms with Gasteiger partial charge in [-0.1, -0.05) is 146 Å². The van der Waals surface area contributed by atoms with Gasteiger partial charge in [0.1, 0.15) is 23.2 Å². The Morgan fingerprint density at radius 2 is 1.07 bits per heavy atom. The molecule has 0 aliphatic carbocycles. The van der Waals surface area contributed by atoms with Crippen molar-refractivity contribution in [3.05, 3.63) is 211 Å². The Labute approximate surface area is 323 Å². The van der Waals surface area contributed by atoms with Gasteiger partial charge in [0.2, 0.25) is 0 Å². The zero-order valence-electron chi connectivity index (χ0n) is 30.3. The van der Waals surface area contributed by atoms with Crippen LogP contribution >= 0.6 is 0 Å². The molecule has 0 saturated heterocycles. The highest BCUT2D eigenvalue weighted by atomic mass is 16.3. The van der Waals surface area contributed by atoms with E-state index in [1.54, 1.807) is 0 Å². The molecule has 1 N–H and O–H groups in total. The minimum atomic E-state index is -0.361. The molecule has 1 atom stereocenters. The van der Waals surface area contributed by atoms with Crippen LogP contribution in [-0.4, -0.2) is 16.2 Å².